The molecular weight excluding hydrogens is 242 g/mol. The molecule has 1 N–H and O–H groups in total. The number of hydrogen-bond acceptors (Lipinski definition) is 3. The summed E-state index contributed by atoms with van der Waals surface area (Å²) in [6, 6.07) is 16.8. The van der Waals surface area contributed by atoms with Gasteiger partial charge in [0.25, 0.3) is 0 Å². The van der Waals surface area contributed by atoms with Gasteiger partial charge in [0.05, 0.1) is 0 Å². The summed E-state index contributed by atoms with van der Waals surface area (Å²) >= 11 is 0. The largest absolute Gasteiger partial charge is 0.480 e. The summed E-state index contributed by atoms with van der Waals surface area (Å²) in [6.45, 7) is -0.0289. The summed E-state index contributed by atoms with van der Waals surface area (Å²) in [5.41, 5.74) is 0.836. The number of carbonyl (C=O) groups is 1. The molecule has 0 heterocycles. The van der Waals surface area contributed by atoms with E-state index >= 15 is 0 Å². The Labute approximate surface area is 111 Å². The number of rotatable bonds is 5. The van der Waals surface area contributed by atoms with Crippen molar-refractivity contribution in [2.24, 2.45) is 0 Å². The lowest BCUT2D eigenvalue weighted by molar-refractivity contribution is -0.135. The second-order valence-electron chi connectivity index (χ2n) is 4.16. The number of para-hydroxylation sites is 1. The first-order chi connectivity index (χ1) is 9.15. The molecule has 2 aromatic carbocycles. The Bertz CT molecular complexity index is 537. The van der Waals surface area contributed by atoms with Crippen molar-refractivity contribution in [3.63, 3.8) is 0 Å². The summed E-state index contributed by atoms with van der Waals surface area (Å²) in [6.07, 6.45) is 0. The summed E-state index contributed by atoms with van der Waals surface area (Å²) in [4.78, 5) is 12.3. The van der Waals surface area contributed by atoms with Crippen LogP contribution in [-0.2, 0) is 4.79 Å². The molecule has 0 amide bonds. The maximum atomic E-state index is 10.6. The summed E-state index contributed by atoms with van der Waals surface area (Å²) < 4.78 is 5.66. The molecular formula is C15H15NO3. The molecule has 0 saturated heterocycles. The molecule has 0 atom stereocenters. The van der Waals surface area contributed by atoms with Crippen molar-refractivity contribution in [2.75, 3.05) is 18.5 Å². The molecule has 0 spiro atoms. The van der Waals surface area contributed by atoms with E-state index in [1.807, 2.05) is 54.6 Å². The molecule has 0 fully saturated rings. The lowest BCUT2D eigenvalue weighted by atomic mass is 10.2. The topological polar surface area (TPSA) is 49.8 Å². The first-order valence-electron chi connectivity index (χ1n) is 5.91. The first-order valence-corrected chi connectivity index (χ1v) is 5.91. The molecule has 0 bridgehead atoms. The van der Waals surface area contributed by atoms with Crippen LogP contribution in [0.2, 0.25) is 0 Å². The van der Waals surface area contributed by atoms with E-state index in [-0.39, 0.29) is 6.54 Å². The van der Waals surface area contributed by atoms with E-state index in [1.54, 1.807) is 11.9 Å². The van der Waals surface area contributed by atoms with Gasteiger partial charge in [0, 0.05) is 12.7 Å². The highest BCUT2D eigenvalue weighted by atomic mass is 16.5. The monoisotopic (exact) mass is 257 g/mol. The Morgan fingerprint density at radius 2 is 1.63 bits per heavy atom. The van der Waals surface area contributed by atoms with E-state index in [1.165, 1.54) is 0 Å². The number of carboxylic acid groups (broad SMARTS) is 1. The van der Waals surface area contributed by atoms with Gasteiger partial charge in [-0.2, -0.15) is 0 Å². The second kappa shape index (κ2) is 5.91. The zero-order valence-electron chi connectivity index (χ0n) is 10.6. The SMILES string of the molecule is CN(CC(=O)O)c1ccc(Oc2ccccc2)cc1. The quantitative estimate of drug-likeness (QED) is 0.894. The van der Waals surface area contributed by atoms with Crippen LogP contribution in [0.15, 0.2) is 54.6 Å². The van der Waals surface area contributed by atoms with Crippen molar-refractivity contribution in [3.8, 4) is 11.5 Å². The standard InChI is InChI=1S/C15H15NO3/c1-16(11-15(17)18)12-7-9-14(10-8-12)19-13-5-3-2-4-6-13/h2-10H,11H2,1H3,(H,17,18). The Morgan fingerprint density at radius 3 is 2.21 bits per heavy atom. The van der Waals surface area contributed by atoms with Gasteiger partial charge in [0.15, 0.2) is 0 Å². The van der Waals surface area contributed by atoms with Crippen molar-refractivity contribution >= 4 is 11.7 Å². The Balaban J connectivity index is 2.04. The zero-order chi connectivity index (χ0) is 13.7. The average Bonchev–Trinajstić information content (AvgIpc) is 2.40. The molecule has 0 aliphatic rings. The highest BCUT2D eigenvalue weighted by Gasteiger charge is 2.05. The minimum atomic E-state index is -0.855. The number of hydrogen-bond donors (Lipinski definition) is 1. The van der Waals surface area contributed by atoms with Crippen LogP contribution in [0.25, 0.3) is 0 Å². The van der Waals surface area contributed by atoms with Gasteiger partial charge in [0.2, 0.25) is 0 Å². The number of benzene rings is 2. The number of nitrogens with zero attached hydrogens (tertiary/aromatic N) is 1. The zero-order valence-corrected chi connectivity index (χ0v) is 10.6. The van der Waals surface area contributed by atoms with Gasteiger partial charge in [-0.3, -0.25) is 4.79 Å². The number of carboxylic acids is 1. The maximum absolute atomic E-state index is 10.6. The second-order valence-corrected chi connectivity index (χ2v) is 4.16. The Morgan fingerprint density at radius 1 is 1.05 bits per heavy atom. The third-order valence-corrected chi connectivity index (χ3v) is 2.63. The van der Waals surface area contributed by atoms with Gasteiger partial charge in [0.1, 0.15) is 18.0 Å². The summed E-state index contributed by atoms with van der Waals surface area (Å²) in [7, 11) is 1.74. The molecule has 4 heteroatoms. The predicted octanol–water partition coefficient (Wildman–Crippen LogP) is 3.00. The van der Waals surface area contributed by atoms with Crippen LogP contribution in [-0.4, -0.2) is 24.7 Å². The van der Waals surface area contributed by atoms with Gasteiger partial charge in [-0.15, -0.1) is 0 Å². The smallest absolute Gasteiger partial charge is 0.323 e. The van der Waals surface area contributed by atoms with Crippen LogP contribution >= 0.6 is 0 Å². The molecule has 2 rings (SSSR count). The molecule has 0 unspecified atom stereocenters. The molecule has 0 radical (unpaired) electrons. The molecule has 0 saturated carbocycles. The first kappa shape index (κ1) is 13.0. The lowest BCUT2D eigenvalue weighted by Gasteiger charge is -2.17. The van der Waals surface area contributed by atoms with Crippen LogP contribution in [0.1, 0.15) is 0 Å². The average molecular weight is 257 g/mol. The Kier molecular flexibility index (Phi) is 4.03. The van der Waals surface area contributed by atoms with Crippen molar-refractivity contribution in [3.05, 3.63) is 54.6 Å². The maximum Gasteiger partial charge on any atom is 0.323 e. The highest BCUT2D eigenvalue weighted by molar-refractivity contribution is 5.73. The van der Waals surface area contributed by atoms with Gasteiger partial charge in [-0.05, 0) is 36.4 Å². The number of aliphatic carboxylic acids is 1. The van der Waals surface area contributed by atoms with Crippen molar-refractivity contribution in [1.82, 2.24) is 0 Å². The molecule has 98 valence electrons. The molecule has 0 aromatic heterocycles. The minimum absolute atomic E-state index is 0.0289. The fraction of sp³-hybridized carbons (Fsp3) is 0.133. The van der Waals surface area contributed by atoms with Crippen molar-refractivity contribution < 1.29 is 14.6 Å². The van der Waals surface area contributed by atoms with E-state index in [9.17, 15) is 4.79 Å². The van der Waals surface area contributed by atoms with Gasteiger partial charge in [-0.1, -0.05) is 18.2 Å². The van der Waals surface area contributed by atoms with Crippen molar-refractivity contribution in [1.29, 1.82) is 0 Å². The number of ether oxygens (including phenoxy) is 1. The molecule has 0 aliphatic heterocycles. The lowest BCUT2D eigenvalue weighted by Crippen LogP contribution is -2.24. The van der Waals surface area contributed by atoms with Gasteiger partial charge in [-0.25, -0.2) is 0 Å². The van der Waals surface area contributed by atoms with Crippen LogP contribution < -0.4 is 9.64 Å². The molecule has 19 heavy (non-hydrogen) atoms. The fourth-order valence-corrected chi connectivity index (χ4v) is 1.69. The van der Waals surface area contributed by atoms with E-state index < -0.39 is 5.97 Å². The normalized spacial score (nSPS) is 9.95. The fourth-order valence-electron chi connectivity index (χ4n) is 1.69. The van der Waals surface area contributed by atoms with E-state index in [0.29, 0.717) is 0 Å². The third kappa shape index (κ3) is 3.74. The molecule has 0 aliphatic carbocycles. The molecule has 4 nitrogen and oxygen atoms in total. The molecule has 2 aromatic rings. The van der Waals surface area contributed by atoms with Gasteiger partial charge >= 0.3 is 5.97 Å². The van der Waals surface area contributed by atoms with Crippen LogP contribution in [0.4, 0.5) is 5.69 Å². The number of anilines is 1. The predicted molar refractivity (Wildman–Crippen MR) is 73.9 cm³/mol. The van der Waals surface area contributed by atoms with Crippen LogP contribution in [0.3, 0.4) is 0 Å². The van der Waals surface area contributed by atoms with E-state index in [2.05, 4.69) is 0 Å². The Hall–Kier alpha value is -2.49. The minimum Gasteiger partial charge on any atom is -0.480 e. The van der Waals surface area contributed by atoms with Crippen LogP contribution in [0, 0.1) is 0 Å². The van der Waals surface area contributed by atoms with E-state index in [0.717, 1.165) is 17.2 Å². The summed E-state index contributed by atoms with van der Waals surface area (Å²) in [5, 5.41) is 8.73. The van der Waals surface area contributed by atoms with Crippen molar-refractivity contribution in [2.45, 2.75) is 0 Å². The highest BCUT2D eigenvalue weighted by Crippen LogP contribution is 2.23. The van der Waals surface area contributed by atoms with Crippen LogP contribution in [0.5, 0.6) is 11.5 Å². The van der Waals surface area contributed by atoms with E-state index in [4.69, 9.17) is 9.84 Å². The van der Waals surface area contributed by atoms with Gasteiger partial charge < -0.3 is 14.7 Å². The summed E-state index contributed by atoms with van der Waals surface area (Å²) in [5.74, 6) is 0.639. The third-order valence-electron chi connectivity index (χ3n) is 2.63. The number of likely N-dealkylation sites (N-methyl/N-ethyl adjacent to an activating group) is 1.